The van der Waals surface area contributed by atoms with Gasteiger partial charge in [-0.1, -0.05) is 109 Å². The fourth-order valence-electron chi connectivity index (χ4n) is 6.59. The van der Waals surface area contributed by atoms with Crippen LogP contribution in [0.15, 0.2) is 168 Å². The van der Waals surface area contributed by atoms with Crippen LogP contribution in [0.3, 0.4) is 0 Å². The minimum absolute atomic E-state index is 0.840. The summed E-state index contributed by atoms with van der Waals surface area (Å²) in [5.74, 6) is 0.840. The molecule has 0 aliphatic heterocycles. The number of aromatic nitrogens is 3. The zero-order chi connectivity index (χ0) is 29.7. The zero-order valence-corrected chi connectivity index (χ0v) is 24.3. The van der Waals surface area contributed by atoms with Crippen molar-refractivity contribution in [2.45, 2.75) is 0 Å². The van der Waals surface area contributed by atoms with E-state index in [0.717, 1.165) is 72.6 Å². The number of para-hydroxylation sites is 2. The molecular weight excluding hydrogens is 550 g/mol. The Hall–Kier alpha value is -6.13. The summed E-state index contributed by atoms with van der Waals surface area (Å²) in [6.45, 7) is 0. The van der Waals surface area contributed by atoms with Gasteiger partial charge in [-0.2, -0.15) is 5.10 Å². The van der Waals surface area contributed by atoms with Gasteiger partial charge in [0.25, 0.3) is 0 Å². The Morgan fingerprint density at radius 3 is 1.96 bits per heavy atom. The van der Waals surface area contributed by atoms with Crippen LogP contribution in [0.4, 0.5) is 0 Å². The maximum absolute atomic E-state index is 5.84. The van der Waals surface area contributed by atoms with Crippen molar-refractivity contribution in [3.8, 4) is 50.8 Å². The number of pyridine rings is 1. The van der Waals surface area contributed by atoms with Gasteiger partial charge in [-0.05, 0) is 59.5 Å². The summed E-state index contributed by atoms with van der Waals surface area (Å²) >= 11 is 0. The molecule has 9 rings (SSSR count). The van der Waals surface area contributed by atoms with Gasteiger partial charge in [0.15, 0.2) is 0 Å². The summed E-state index contributed by atoms with van der Waals surface area (Å²) in [7, 11) is 0. The highest BCUT2D eigenvalue weighted by molar-refractivity contribution is 6.10. The van der Waals surface area contributed by atoms with Gasteiger partial charge in [-0.25, -0.2) is 4.52 Å². The molecule has 212 valence electrons. The first-order valence-electron chi connectivity index (χ1n) is 15.1. The number of nitrogens with zero attached hydrogens (tertiary/aromatic N) is 3. The molecule has 0 saturated heterocycles. The lowest BCUT2D eigenvalue weighted by molar-refractivity contribution is 0.582. The van der Waals surface area contributed by atoms with Gasteiger partial charge < -0.3 is 8.98 Å². The van der Waals surface area contributed by atoms with E-state index in [-0.39, 0.29) is 0 Å². The maximum atomic E-state index is 5.84. The van der Waals surface area contributed by atoms with Crippen LogP contribution in [-0.2, 0) is 0 Å². The van der Waals surface area contributed by atoms with Gasteiger partial charge >= 0.3 is 0 Å². The highest BCUT2D eigenvalue weighted by atomic mass is 16.3. The predicted molar refractivity (Wildman–Crippen MR) is 184 cm³/mol. The molecule has 9 aromatic rings. The normalized spacial score (nSPS) is 11.6. The molecule has 0 radical (unpaired) electrons. The van der Waals surface area contributed by atoms with Crippen LogP contribution in [0.25, 0.3) is 78.0 Å². The molecule has 45 heavy (non-hydrogen) atoms. The largest absolute Gasteiger partial charge is 0.464 e. The smallest absolute Gasteiger partial charge is 0.133 e. The van der Waals surface area contributed by atoms with Crippen LogP contribution in [0.1, 0.15) is 0 Å². The first-order valence-corrected chi connectivity index (χ1v) is 15.1. The third-order valence-electron chi connectivity index (χ3n) is 8.62. The Morgan fingerprint density at radius 2 is 1.20 bits per heavy atom. The van der Waals surface area contributed by atoms with Gasteiger partial charge in [0.05, 0.1) is 28.7 Å². The zero-order valence-electron chi connectivity index (χ0n) is 24.3. The van der Waals surface area contributed by atoms with Crippen molar-refractivity contribution in [3.05, 3.63) is 164 Å². The highest BCUT2D eigenvalue weighted by Crippen LogP contribution is 2.43. The van der Waals surface area contributed by atoms with E-state index in [0.29, 0.717) is 0 Å². The first-order chi connectivity index (χ1) is 22.3. The number of benzene rings is 5. The van der Waals surface area contributed by atoms with Crippen molar-refractivity contribution in [3.63, 3.8) is 0 Å². The second-order valence-electron chi connectivity index (χ2n) is 11.3. The van der Waals surface area contributed by atoms with Crippen molar-refractivity contribution in [1.82, 2.24) is 14.2 Å². The van der Waals surface area contributed by atoms with E-state index >= 15 is 0 Å². The lowest BCUT2D eigenvalue weighted by Gasteiger charge is -2.12. The van der Waals surface area contributed by atoms with E-state index in [1.54, 1.807) is 6.26 Å². The number of furan rings is 1. The third-order valence-corrected chi connectivity index (χ3v) is 8.62. The fraction of sp³-hybridized carbons (Fsp3) is 0. The molecule has 4 heterocycles. The van der Waals surface area contributed by atoms with E-state index in [2.05, 4.69) is 155 Å². The Labute approximate surface area is 260 Å². The van der Waals surface area contributed by atoms with E-state index in [1.807, 2.05) is 12.1 Å². The average molecular weight is 578 g/mol. The molecule has 0 fully saturated rings. The molecule has 4 nitrogen and oxygen atoms in total. The summed E-state index contributed by atoms with van der Waals surface area (Å²) in [5, 5.41) is 8.96. The van der Waals surface area contributed by atoms with Crippen molar-refractivity contribution in [2.75, 3.05) is 0 Å². The molecule has 0 saturated carbocycles. The summed E-state index contributed by atoms with van der Waals surface area (Å²) in [6.07, 6.45) is 1.72. The van der Waals surface area contributed by atoms with E-state index < -0.39 is 0 Å². The van der Waals surface area contributed by atoms with Crippen LogP contribution in [-0.4, -0.2) is 14.2 Å². The lowest BCUT2D eigenvalue weighted by atomic mass is 9.97. The number of hydrogen-bond acceptors (Lipinski definition) is 2. The molecule has 5 aromatic carbocycles. The minimum Gasteiger partial charge on any atom is -0.464 e. The van der Waals surface area contributed by atoms with Gasteiger partial charge in [0.2, 0.25) is 0 Å². The molecule has 4 aromatic heterocycles. The van der Waals surface area contributed by atoms with E-state index in [1.165, 1.54) is 5.39 Å². The van der Waals surface area contributed by atoms with Crippen molar-refractivity contribution in [2.24, 2.45) is 0 Å². The predicted octanol–water partition coefficient (Wildman–Crippen LogP) is 10.7. The second kappa shape index (κ2) is 10.2. The summed E-state index contributed by atoms with van der Waals surface area (Å²) in [4.78, 5) is 0. The van der Waals surface area contributed by atoms with Crippen molar-refractivity contribution >= 4 is 27.2 Å². The summed E-state index contributed by atoms with van der Waals surface area (Å²) in [5.41, 5.74) is 10.6. The van der Waals surface area contributed by atoms with Crippen LogP contribution in [0.2, 0.25) is 0 Å². The Balaban J connectivity index is 1.47. The molecule has 0 bridgehead atoms. The summed E-state index contributed by atoms with van der Waals surface area (Å²) in [6, 6.07) is 55.3. The Morgan fingerprint density at radius 1 is 0.511 bits per heavy atom. The molecule has 0 aliphatic rings. The molecule has 0 N–H and O–H groups in total. The third kappa shape index (κ3) is 4.11. The SMILES string of the molecule is c1ccc(-c2c(-c3cc4ccccc4n3-c3ccccc3)nn3c(-c4ccccc4)cc4ccc(-c5ccco5)cc4c23)cc1. The van der Waals surface area contributed by atoms with Crippen molar-refractivity contribution < 1.29 is 4.42 Å². The fourth-order valence-corrected chi connectivity index (χ4v) is 6.59. The van der Waals surface area contributed by atoms with Gasteiger partial charge in [-0.15, -0.1) is 0 Å². The van der Waals surface area contributed by atoms with Crippen molar-refractivity contribution in [1.29, 1.82) is 0 Å². The molecule has 0 amide bonds. The van der Waals surface area contributed by atoms with Crippen LogP contribution >= 0.6 is 0 Å². The number of hydrogen-bond donors (Lipinski definition) is 0. The number of fused-ring (bicyclic) bond motifs is 4. The molecule has 0 atom stereocenters. The highest BCUT2D eigenvalue weighted by Gasteiger charge is 2.25. The first kappa shape index (κ1) is 25.4. The van der Waals surface area contributed by atoms with Crippen LogP contribution in [0.5, 0.6) is 0 Å². The van der Waals surface area contributed by atoms with E-state index in [4.69, 9.17) is 9.52 Å². The second-order valence-corrected chi connectivity index (χ2v) is 11.3. The molecule has 0 spiro atoms. The molecule has 0 unspecified atom stereocenters. The van der Waals surface area contributed by atoms with Gasteiger partial charge in [0, 0.05) is 33.2 Å². The van der Waals surface area contributed by atoms with Crippen LogP contribution < -0.4 is 0 Å². The van der Waals surface area contributed by atoms with Gasteiger partial charge in [-0.3, -0.25) is 0 Å². The Bertz CT molecular complexity index is 2450. The molecular formula is C41H27N3O. The lowest BCUT2D eigenvalue weighted by Crippen LogP contribution is -1.98. The topological polar surface area (TPSA) is 35.4 Å². The van der Waals surface area contributed by atoms with Crippen LogP contribution in [0, 0.1) is 0 Å². The molecule has 4 heteroatoms. The summed E-state index contributed by atoms with van der Waals surface area (Å²) < 4.78 is 10.3. The standard InChI is InChI=1S/C41H27N3O/c1-4-13-28(14-5-1)36-26-30-22-23-32(38-21-12-24-45-38)25-34(30)41-39(29-15-6-2-7-16-29)40(42-44(36)41)37-27-31-17-10-11-20-35(31)43(37)33-18-8-3-9-19-33/h1-27H. The maximum Gasteiger partial charge on any atom is 0.133 e. The molecule has 0 aliphatic carbocycles. The monoisotopic (exact) mass is 577 g/mol. The Kier molecular flexibility index (Phi) is 5.78. The minimum atomic E-state index is 0.840. The quantitative estimate of drug-likeness (QED) is 0.204. The average Bonchev–Trinajstić information content (AvgIpc) is 3.87. The number of rotatable bonds is 5. The van der Waals surface area contributed by atoms with Gasteiger partial charge in [0.1, 0.15) is 11.5 Å². The van der Waals surface area contributed by atoms with E-state index in [9.17, 15) is 0 Å².